The summed E-state index contributed by atoms with van der Waals surface area (Å²) >= 11 is 0. The van der Waals surface area contributed by atoms with Gasteiger partial charge in [0.2, 0.25) is 0 Å². The van der Waals surface area contributed by atoms with Gasteiger partial charge in [-0.1, -0.05) is 13.8 Å². The zero-order valence-corrected chi connectivity index (χ0v) is 13.4. The molecule has 3 heteroatoms. The molecule has 0 aromatic rings. The van der Waals surface area contributed by atoms with Crippen molar-refractivity contribution >= 4 is 0 Å². The molecule has 1 rings (SSSR count). The molecular formula is C16H31N3. The Balaban J connectivity index is 2.66. The molecule has 0 aromatic heterocycles. The van der Waals surface area contributed by atoms with Gasteiger partial charge in [-0.05, 0) is 59.4 Å². The van der Waals surface area contributed by atoms with Crippen LogP contribution >= 0.6 is 0 Å². The highest BCUT2D eigenvalue weighted by Gasteiger charge is 2.36. The van der Waals surface area contributed by atoms with Gasteiger partial charge in [-0.3, -0.25) is 10.2 Å². The quantitative estimate of drug-likeness (QED) is 0.767. The first kappa shape index (κ1) is 16.5. The summed E-state index contributed by atoms with van der Waals surface area (Å²) in [7, 11) is 0. The van der Waals surface area contributed by atoms with Crippen LogP contribution in [0.5, 0.6) is 0 Å². The molecule has 0 saturated carbocycles. The number of hydrogen-bond donors (Lipinski definition) is 1. The molecule has 0 amide bonds. The van der Waals surface area contributed by atoms with E-state index in [4.69, 9.17) is 0 Å². The Bertz CT molecular complexity index is 310. The molecule has 1 aliphatic rings. The molecule has 1 saturated heterocycles. The average Bonchev–Trinajstić information content (AvgIpc) is 2.77. The molecule has 0 aromatic carbocycles. The summed E-state index contributed by atoms with van der Waals surface area (Å²) in [5.41, 5.74) is -0.393. The van der Waals surface area contributed by atoms with Crippen molar-refractivity contribution in [1.29, 1.82) is 5.26 Å². The third-order valence-electron chi connectivity index (χ3n) is 4.54. The second-order valence-corrected chi connectivity index (χ2v) is 6.36. The predicted molar refractivity (Wildman–Crippen MR) is 81.0 cm³/mol. The Kier molecular flexibility index (Phi) is 6.29. The van der Waals surface area contributed by atoms with E-state index < -0.39 is 5.54 Å². The highest BCUT2D eigenvalue weighted by Crippen LogP contribution is 2.30. The van der Waals surface area contributed by atoms with Crippen LogP contribution in [0.3, 0.4) is 0 Å². The van der Waals surface area contributed by atoms with Crippen LogP contribution in [0.4, 0.5) is 0 Å². The van der Waals surface area contributed by atoms with Gasteiger partial charge in [0.25, 0.3) is 0 Å². The summed E-state index contributed by atoms with van der Waals surface area (Å²) in [6.07, 6.45) is 5.82. The highest BCUT2D eigenvalue weighted by molar-refractivity contribution is 5.06. The van der Waals surface area contributed by atoms with Crippen molar-refractivity contribution in [3.63, 3.8) is 0 Å². The van der Waals surface area contributed by atoms with Gasteiger partial charge in [0.1, 0.15) is 5.54 Å². The molecule has 4 unspecified atom stereocenters. The molecule has 1 N–H and O–H groups in total. The smallest absolute Gasteiger partial charge is 0.105 e. The molecule has 0 aliphatic carbocycles. The summed E-state index contributed by atoms with van der Waals surface area (Å²) in [6, 6.07) is 4.32. The van der Waals surface area contributed by atoms with Gasteiger partial charge >= 0.3 is 0 Å². The van der Waals surface area contributed by atoms with Gasteiger partial charge in [-0.2, -0.15) is 5.26 Å². The molecule has 1 fully saturated rings. The van der Waals surface area contributed by atoms with E-state index in [-0.39, 0.29) is 0 Å². The second-order valence-electron chi connectivity index (χ2n) is 6.36. The zero-order valence-electron chi connectivity index (χ0n) is 13.4. The van der Waals surface area contributed by atoms with Crippen LogP contribution in [0, 0.1) is 11.3 Å². The van der Waals surface area contributed by atoms with E-state index in [1.165, 1.54) is 19.3 Å². The van der Waals surface area contributed by atoms with Crippen molar-refractivity contribution in [2.75, 3.05) is 6.54 Å². The van der Waals surface area contributed by atoms with E-state index in [9.17, 15) is 5.26 Å². The SMILES string of the molecule is CCCNC(C)(C#N)CC(C)N1C(C)CCC1CC. The minimum Gasteiger partial charge on any atom is -0.300 e. The first-order chi connectivity index (χ1) is 8.97. The number of nitrogens with one attached hydrogen (secondary N) is 1. The molecule has 0 bridgehead atoms. The maximum absolute atomic E-state index is 9.46. The van der Waals surface area contributed by atoms with Crippen LogP contribution in [-0.4, -0.2) is 35.1 Å². The Morgan fingerprint density at radius 3 is 2.63 bits per heavy atom. The fourth-order valence-electron chi connectivity index (χ4n) is 3.56. The predicted octanol–water partition coefficient (Wildman–Crippen LogP) is 3.31. The summed E-state index contributed by atoms with van der Waals surface area (Å²) < 4.78 is 0. The van der Waals surface area contributed by atoms with Crippen LogP contribution in [-0.2, 0) is 0 Å². The number of rotatable bonds is 7. The van der Waals surface area contributed by atoms with E-state index in [0.717, 1.165) is 19.4 Å². The first-order valence-corrected chi connectivity index (χ1v) is 7.91. The summed E-state index contributed by atoms with van der Waals surface area (Å²) in [5, 5.41) is 12.9. The molecule has 1 aliphatic heterocycles. The molecule has 19 heavy (non-hydrogen) atoms. The normalized spacial score (nSPS) is 28.8. The summed E-state index contributed by atoms with van der Waals surface area (Å²) in [5.74, 6) is 0. The minimum atomic E-state index is -0.393. The largest absolute Gasteiger partial charge is 0.300 e. The van der Waals surface area contributed by atoms with Crippen molar-refractivity contribution in [1.82, 2.24) is 10.2 Å². The van der Waals surface area contributed by atoms with Gasteiger partial charge in [-0.15, -0.1) is 0 Å². The molecule has 1 heterocycles. The standard InChI is InChI=1S/C16H31N3/c1-6-10-18-16(5,12-17)11-14(4)19-13(3)8-9-15(19)7-2/h13-15,18H,6-11H2,1-5H3. The van der Waals surface area contributed by atoms with Crippen LogP contribution in [0.25, 0.3) is 0 Å². The molecule has 110 valence electrons. The maximum Gasteiger partial charge on any atom is 0.105 e. The van der Waals surface area contributed by atoms with Gasteiger partial charge < -0.3 is 0 Å². The number of nitriles is 1. The lowest BCUT2D eigenvalue weighted by Crippen LogP contribution is -2.50. The molecular weight excluding hydrogens is 234 g/mol. The molecule has 3 nitrogen and oxygen atoms in total. The van der Waals surface area contributed by atoms with Crippen molar-refractivity contribution in [3.05, 3.63) is 0 Å². The van der Waals surface area contributed by atoms with Gasteiger partial charge in [0.05, 0.1) is 6.07 Å². The van der Waals surface area contributed by atoms with Crippen molar-refractivity contribution < 1.29 is 0 Å². The number of likely N-dealkylation sites (tertiary alicyclic amines) is 1. The van der Waals surface area contributed by atoms with Gasteiger partial charge in [-0.25, -0.2) is 0 Å². The maximum atomic E-state index is 9.46. The summed E-state index contributed by atoms with van der Waals surface area (Å²) in [4.78, 5) is 2.64. The third kappa shape index (κ3) is 4.19. The van der Waals surface area contributed by atoms with Crippen LogP contribution < -0.4 is 5.32 Å². The molecule has 0 radical (unpaired) electrons. The van der Waals surface area contributed by atoms with Crippen LogP contribution in [0.2, 0.25) is 0 Å². The van der Waals surface area contributed by atoms with E-state index in [2.05, 4.69) is 44.0 Å². The van der Waals surface area contributed by atoms with E-state index in [1.807, 2.05) is 6.92 Å². The highest BCUT2D eigenvalue weighted by atomic mass is 15.2. The van der Waals surface area contributed by atoms with Crippen molar-refractivity contribution in [2.24, 2.45) is 0 Å². The van der Waals surface area contributed by atoms with Crippen molar-refractivity contribution in [2.45, 2.75) is 90.4 Å². The third-order valence-corrected chi connectivity index (χ3v) is 4.54. The van der Waals surface area contributed by atoms with Gasteiger partial charge in [0.15, 0.2) is 0 Å². The lowest BCUT2D eigenvalue weighted by Gasteiger charge is -2.37. The Morgan fingerprint density at radius 1 is 1.42 bits per heavy atom. The fraction of sp³-hybridized carbons (Fsp3) is 0.938. The Morgan fingerprint density at radius 2 is 2.11 bits per heavy atom. The Labute approximate surface area is 119 Å². The van der Waals surface area contributed by atoms with Crippen LogP contribution in [0.1, 0.15) is 66.7 Å². The topological polar surface area (TPSA) is 39.1 Å². The first-order valence-electron chi connectivity index (χ1n) is 7.91. The molecule has 0 spiro atoms. The van der Waals surface area contributed by atoms with Gasteiger partial charge in [0, 0.05) is 18.1 Å². The van der Waals surface area contributed by atoms with E-state index in [0.29, 0.717) is 18.1 Å². The lowest BCUT2D eigenvalue weighted by atomic mass is 9.93. The Hall–Kier alpha value is -0.590. The number of nitrogens with zero attached hydrogens (tertiary/aromatic N) is 2. The zero-order chi connectivity index (χ0) is 14.5. The molecule has 4 atom stereocenters. The van der Waals surface area contributed by atoms with E-state index >= 15 is 0 Å². The summed E-state index contributed by atoms with van der Waals surface area (Å²) in [6.45, 7) is 12.0. The fourth-order valence-corrected chi connectivity index (χ4v) is 3.56. The average molecular weight is 265 g/mol. The lowest BCUT2D eigenvalue weighted by molar-refractivity contribution is 0.121. The van der Waals surface area contributed by atoms with Crippen molar-refractivity contribution in [3.8, 4) is 6.07 Å². The monoisotopic (exact) mass is 265 g/mol. The van der Waals surface area contributed by atoms with E-state index in [1.54, 1.807) is 0 Å². The second kappa shape index (κ2) is 7.26. The minimum absolute atomic E-state index is 0.393. The van der Waals surface area contributed by atoms with Crippen LogP contribution in [0.15, 0.2) is 0 Å². The number of hydrogen-bond acceptors (Lipinski definition) is 3.